The molecule has 7 heteroatoms. The Balaban J connectivity index is 1.32. The molecular weight excluding hydrogens is 319 g/mol. The van der Waals surface area contributed by atoms with E-state index in [9.17, 15) is 4.39 Å². The average molecular weight is 340 g/mol. The molecule has 2 aromatic heterocycles. The number of anilines is 1. The lowest BCUT2D eigenvalue weighted by atomic mass is 10.1. The molecular formula is C18H21FN6. The summed E-state index contributed by atoms with van der Waals surface area (Å²) in [6, 6.07) is 7.37. The summed E-state index contributed by atoms with van der Waals surface area (Å²) < 4.78 is 18.0. The minimum Gasteiger partial charge on any atom is -0.370 e. The van der Waals surface area contributed by atoms with E-state index in [1.165, 1.54) is 0 Å². The summed E-state index contributed by atoms with van der Waals surface area (Å²) >= 11 is 0. The summed E-state index contributed by atoms with van der Waals surface area (Å²) in [4.78, 5) is 3.95. The van der Waals surface area contributed by atoms with Crippen molar-refractivity contribution in [3.63, 3.8) is 0 Å². The van der Waals surface area contributed by atoms with Crippen molar-refractivity contribution in [1.29, 1.82) is 0 Å². The highest BCUT2D eigenvalue weighted by atomic mass is 19.1. The van der Waals surface area contributed by atoms with E-state index in [1.54, 1.807) is 35.4 Å². The molecule has 1 aliphatic rings. The number of halogens is 1. The van der Waals surface area contributed by atoms with Crippen LogP contribution in [-0.2, 0) is 13.1 Å². The molecule has 0 spiro atoms. The fourth-order valence-electron chi connectivity index (χ4n) is 3.21. The standard InChI is InChI=1S/C18H21FN6/c1-13-6-18-22-10-15(11-25(18)23-13)9-21-8-14-2-3-17(16(19)7-14)24-5-4-20-12-24/h2-7,12,15,21-22H,8-11H2,1H3. The summed E-state index contributed by atoms with van der Waals surface area (Å²) in [5, 5.41) is 11.3. The van der Waals surface area contributed by atoms with Gasteiger partial charge < -0.3 is 15.2 Å². The molecule has 130 valence electrons. The van der Waals surface area contributed by atoms with Crippen LogP contribution in [0.1, 0.15) is 11.3 Å². The van der Waals surface area contributed by atoms with E-state index in [1.807, 2.05) is 17.7 Å². The van der Waals surface area contributed by atoms with Crippen LogP contribution in [-0.4, -0.2) is 32.4 Å². The van der Waals surface area contributed by atoms with Crippen LogP contribution in [0.15, 0.2) is 43.0 Å². The van der Waals surface area contributed by atoms with Gasteiger partial charge in [0.05, 0.1) is 17.7 Å². The van der Waals surface area contributed by atoms with Crippen LogP contribution in [0.4, 0.5) is 10.2 Å². The molecule has 1 aromatic carbocycles. The van der Waals surface area contributed by atoms with E-state index in [4.69, 9.17) is 0 Å². The molecule has 0 bridgehead atoms. The molecule has 3 heterocycles. The lowest BCUT2D eigenvalue weighted by molar-refractivity contribution is 0.390. The molecule has 1 aliphatic heterocycles. The zero-order valence-corrected chi connectivity index (χ0v) is 14.1. The predicted molar refractivity (Wildman–Crippen MR) is 94.2 cm³/mol. The molecule has 0 aliphatic carbocycles. The van der Waals surface area contributed by atoms with Crippen LogP contribution < -0.4 is 10.6 Å². The highest BCUT2D eigenvalue weighted by Crippen LogP contribution is 2.18. The second-order valence-electron chi connectivity index (χ2n) is 6.49. The van der Waals surface area contributed by atoms with Crippen molar-refractivity contribution in [3.8, 4) is 5.69 Å². The van der Waals surface area contributed by atoms with E-state index >= 15 is 0 Å². The molecule has 3 aromatic rings. The Kier molecular flexibility index (Phi) is 4.23. The number of aryl methyl sites for hydroxylation is 1. The fraction of sp³-hybridized carbons (Fsp3) is 0.333. The Morgan fingerprint density at radius 3 is 3.08 bits per heavy atom. The number of benzene rings is 1. The minimum absolute atomic E-state index is 0.242. The van der Waals surface area contributed by atoms with Crippen molar-refractivity contribution >= 4 is 5.82 Å². The van der Waals surface area contributed by atoms with Gasteiger partial charge in [0.25, 0.3) is 0 Å². The smallest absolute Gasteiger partial charge is 0.147 e. The minimum atomic E-state index is -0.242. The molecule has 0 fully saturated rings. The van der Waals surface area contributed by atoms with Crippen LogP contribution in [0.25, 0.3) is 5.69 Å². The number of nitrogens with zero attached hydrogens (tertiary/aromatic N) is 4. The van der Waals surface area contributed by atoms with Gasteiger partial charge in [0.15, 0.2) is 0 Å². The number of fused-ring (bicyclic) bond motifs is 1. The van der Waals surface area contributed by atoms with Gasteiger partial charge >= 0.3 is 0 Å². The molecule has 6 nitrogen and oxygen atoms in total. The van der Waals surface area contributed by atoms with Crippen molar-refractivity contribution in [2.75, 3.05) is 18.4 Å². The van der Waals surface area contributed by atoms with Gasteiger partial charge in [-0.05, 0) is 24.6 Å². The average Bonchev–Trinajstić information content (AvgIpc) is 3.23. The molecule has 2 N–H and O–H groups in total. The van der Waals surface area contributed by atoms with Crippen molar-refractivity contribution in [2.45, 2.75) is 20.0 Å². The van der Waals surface area contributed by atoms with Crippen LogP contribution >= 0.6 is 0 Å². The molecule has 0 amide bonds. The van der Waals surface area contributed by atoms with Gasteiger partial charge in [0.2, 0.25) is 0 Å². The SMILES string of the molecule is Cc1cc2n(n1)CC(CNCc1ccc(-n3ccnc3)c(F)c1)CN2. The number of aromatic nitrogens is 4. The third kappa shape index (κ3) is 3.41. The Labute approximate surface area is 145 Å². The lowest BCUT2D eigenvalue weighted by Gasteiger charge is -2.25. The Bertz CT molecular complexity index is 855. The third-order valence-corrected chi connectivity index (χ3v) is 4.46. The summed E-state index contributed by atoms with van der Waals surface area (Å²) in [5.74, 6) is 1.31. The molecule has 0 radical (unpaired) electrons. The third-order valence-electron chi connectivity index (χ3n) is 4.46. The maximum atomic E-state index is 14.3. The number of hydrogen-bond donors (Lipinski definition) is 2. The van der Waals surface area contributed by atoms with E-state index in [-0.39, 0.29) is 5.82 Å². The first kappa shape index (κ1) is 15.8. The second kappa shape index (κ2) is 6.68. The monoisotopic (exact) mass is 340 g/mol. The quantitative estimate of drug-likeness (QED) is 0.748. The van der Waals surface area contributed by atoms with Crippen LogP contribution in [0, 0.1) is 18.7 Å². The molecule has 4 rings (SSSR count). The van der Waals surface area contributed by atoms with Crippen molar-refractivity contribution in [1.82, 2.24) is 24.6 Å². The first-order valence-electron chi connectivity index (χ1n) is 8.45. The first-order chi connectivity index (χ1) is 12.2. The highest BCUT2D eigenvalue weighted by Gasteiger charge is 2.18. The molecule has 0 saturated carbocycles. The number of hydrogen-bond acceptors (Lipinski definition) is 4. The van der Waals surface area contributed by atoms with Crippen molar-refractivity contribution in [3.05, 3.63) is 60.1 Å². The molecule has 0 saturated heterocycles. The van der Waals surface area contributed by atoms with Crippen LogP contribution in [0.5, 0.6) is 0 Å². The van der Waals surface area contributed by atoms with Gasteiger partial charge in [-0.25, -0.2) is 14.1 Å². The van der Waals surface area contributed by atoms with E-state index in [0.29, 0.717) is 18.2 Å². The van der Waals surface area contributed by atoms with Gasteiger partial charge in [-0.2, -0.15) is 5.10 Å². The number of rotatable bonds is 5. The zero-order valence-electron chi connectivity index (χ0n) is 14.1. The van der Waals surface area contributed by atoms with E-state index < -0.39 is 0 Å². The fourth-order valence-corrected chi connectivity index (χ4v) is 3.21. The second-order valence-corrected chi connectivity index (χ2v) is 6.49. The Hall–Kier alpha value is -2.67. The van der Waals surface area contributed by atoms with Gasteiger partial charge in [0, 0.05) is 50.6 Å². The normalized spacial score (nSPS) is 16.5. The molecule has 25 heavy (non-hydrogen) atoms. The molecule has 1 unspecified atom stereocenters. The Morgan fingerprint density at radius 1 is 1.36 bits per heavy atom. The Morgan fingerprint density at radius 2 is 2.28 bits per heavy atom. The highest BCUT2D eigenvalue weighted by molar-refractivity contribution is 5.38. The van der Waals surface area contributed by atoms with E-state index in [2.05, 4.69) is 26.8 Å². The topological polar surface area (TPSA) is 59.7 Å². The van der Waals surface area contributed by atoms with Gasteiger partial charge in [-0.15, -0.1) is 0 Å². The first-order valence-corrected chi connectivity index (χ1v) is 8.45. The van der Waals surface area contributed by atoms with Gasteiger partial charge in [-0.1, -0.05) is 6.07 Å². The summed E-state index contributed by atoms with van der Waals surface area (Å²) in [7, 11) is 0. The predicted octanol–water partition coefficient (Wildman–Crippen LogP) is 2.35. The van der Waals surface area contributed by atoms with E-state index in [0.717, 1.165) is 36.7 Å². The largest absolute Gasteiger partial charge is 0.370 e. The molecule has 1 atom stereocenters. The summed E-state index contributed by atoms with van der Waals surface area (Å²) in [6.07, 6.45) is 4.97. The van der Waals surface area contributed by atoms with Crippen LogP contribution in [0.3, 0.4) is 0 Å². The summed E-state index contributed by atoms with van der Waals surface area (Å²) in [6.45, 7) is 5.32. The zero-order chi connectivity index (χ0) is 17.2. The number of nitrogens with one attached hydrogen (secondary N) is 2. The lowest BCUT2D eigenvalue weighted by Crippen LogP contribution is -2.35. The number of imidazole rings is 1. The maximum absolute atomic E-state index is 14.3. The summed E-state index contributed by atoms with van der Waals surface area (Å²) in [5.41, 5.74) is 2.48. The van der Waals surface area contributed by atoms with Gasteiger partial charge in [-0.3, -0.25) is 0 Å². The van der Waals surface area contributed by atoms with Crippen LogP contribution in [0.2, 0.25) is 0 Å². The van der Waals surface area contributed by atoms with Crippen molar-refractivity contribution < 1.29 is 4.39 Å². The van der Waals surface area contributed by atoms with Gasteiger partial charge in [0.1, 0.15) is 11.6 Å². The van der Waals surface area contributed by atoms with Crippen molar-refractivity contribution in [2.24, 2.45) is 5.92 Å². The maximum Gasteiger partial charge on any atom is 0.147 e.